The average molecular weight is 1990 g/mol. The Kier molecular flexibility index (Phi) is 33.2. The van der Waals surface area contributed by atoms with Gasteiger partial charge < -0.3 is 52.1 Å². The van der Waals surface area contributed by atoms with Crippen LogP contribution >= 0.6 is 0 Å². The molecule has 12 nitrogen and oxygen atoms in total. The van der Waals surface area contributed by atoms with Crippen molar-refractivity contribution < 1.29 is 56.9 Å². The highest BCUT2D eigenvalue weighted by Crippen LogP contribution is 2.70. The van der Waals surface area contributed by atoms with Crippen molar-refractivity contribution in [3.63, 3.8) is 0 Å². The third-order valence-electron chi connectivity index (χ3n) is 40.0. The molecule has 9 heterocycles. The van der Waals surface area contributed by atoms with Crippen LogP contribution in [0.2, 0.25) is 223 Å². The van der Waals surface area contributed by atoms with Gasteiger partial charge in [-0.05, 0) is 290 Å². The number of carbonyl (C=O) groups excluding carboxylic acids is 1. The van der Waals surface area contributed by atoms with E-state index in [4.69, 9.17) is 52.1 Å². The fourth-order valence-electron chi connectivity index (χ4n) is 31.5. The SMILES string of the molecule is CC(C[Si](C)(C)C)C1CCC2OC2C1.CC1(CC[Si](C)(C)C)CCC2(C)OC2C1.CC1CC2OC2CC1C(=O)OCCC[Si](C)(C)C.C[SiH](C)CCC1CC2CC1C1OC21.C[Si](C)(C)C1CC2CC1C1CC3OC3C21.C[Si](C)(C)C1CC2CC1C1OC21.C[Si](C)(C)C1CCCC2OC2CC1.C[Si](C)(C)CCC1CCC2OC2C1.C[Si](C)(C)CCCOC1CC2CC1C1C2CC2OC21. The molecule has 0 aromatic carbocycles. The third-order valence-corrected chi connectivity index (χ3v) is 59.4. The van der Waals surface area contributed by atoms with Gasteiger partial charge in [0, 0.05) is 80.0 Å². The molecule has 0 aromatic rings. The Balaban J connectivity index is 0.000000109. The molecule has 24 rings (SSSR count). The van der Waals surface area contributed by atoms with Gasteiger partial charge in [-0.15, -0.1) is 0 Å². The summed E-state index contributed by atoms with van der Waals surface area (Å²) >= 11 is 0. The number of hydrogen-bond acceptors (Lipinski definition) is 12. The average Bonchev–Trinajstić information content (AvgIpc) is 1.55. The highest BCUT2D eigenvalue weighted by Gasteiger charge is 2.70. The van der Waals surface area contributed by atoms with Gasteiger partial charge in [-0.1, -0.05) is 266 Å². The molecule has 0 radical (unpaired) electrons. The lowest BCUT2D eigenvalue weighted by Gasteiger charge is -2.39. The number of epoxide rings is 9. The molecule has 0 N–H and O–H groups in total. The molecular weight excluding hydrogens is 1780 g/mol. The van der Waals surface area contributed by atoms with Crippen molar-refractivity contribution >= 4 is 79.4 Å². The fraction of sp³-hybridized carbons (Fsp3) is 0.991. The fourth-order valence-corrected chi connectivity index (χ4v) is 47.3. The summed E-state index contributed by atoms with van der Waals surface area (Å²) in [6.07, 6.45) is 54.3. The van der Waals surface area contributed by atoms with Crippen molar-refractivity contribution in [3.8, 4) is 0 Å². The first-order valence-corrected chi connectivity index (χ1v) is 89.7. The first-order valence-electron chi connectivity index (χ1n) is 57.3. The van der Waals surface area contributed by atoms with E-state index in [0.717, 1.165) is 168 Å². The summed E-state index contributed by atoms with van der Waals surface area (Å²) in [7, 11) is -7.31. The molecule has 15 aliphatic carbocycles. The minimum absolute atomic E-state index is 0.00651. The molecule has 8 bridgehead atoms. The first-order chi connectivity index (χ1) is 61.6. The van der Waals surface area contributed by atoms with Crippen LogP contribution in [-0.4, -0.2) is 208 Å². The van der Waals surface area contributed by atoms with Gasteiger partial charge in [0.1, 0.15) is 0 Å². The molecule has 24 aliphatic rings. The van der Waals surface area contributed by atoms with Gasteiger partial charge >= 0.3 is 5.97 Å². The van der Waals surface area contributed by atoms with Crippen molar-refractivity contribution in [2.75, 3.05) is 13.2 Å². The van der Waals surface area contributed by atoms with Crippen LogP contribution in [0.25, 0.3) is 0 Å². The van der Waals surface area contributed by atoms with Gasteiger partial charge in [0.15, 0.2) is 0 Å². The second-order valence-electron chi connectivity index (χ2n) is 60.6. The predicted molar refractivity (Wildman–Crippen MR) is 574 cm³/mol. The monoisotopic (exact) mass is 1990 g/mol. The largest absolute Gasteiger partial charge is 0.465 e. The van der Waals surface area contributed by atoms with Crippen LogP contribution in [0.5, 0.6) is 0 Å². The van der Waals surface area contributed by atoms with E-state index in [1.807, 2.05) is 0 Å². The van der Waals surface area contributed by atoms with Gasteiger partial charge in [-0.25, -0.2) is 0 Å². The lowest BCUT2D eigenvalue weighted by molar-refractivity contribution is -0.151. The molecule has 15 saturated carbocycles. The Hall–Kier alpha value is 1.02. The van der Waals surface area contributed by atoms with E-state index >= 15 is 0 Å². The van der Waals surface area contributed by atoms with Crippen LogP contribution in [0.3, 0.4) is 0 Å². The number of ether oxygens (including phenoxy) is 11. The van der Waals surface area contributed by atoms with Crippen molar-refractivity contribution in [2.24, 2.45) is 112 Å². The highest BCUT2D eigenvalue weighted by molar-refractivity contribution is 6.79. The van der Waals surface area contributed by atoms with Crippen LogP contribution < -0.4 is 0 Å². The van der Waals surface area contributed by atoms with E-state index < -0.39 is 64.6 Å². The Morgan fingerprint density at radius 2 is 0.955 bits per heavy atom. The van der Waals surface area contributed by atoms with Gasteiger partial charge in [0.25, 0.3) is 0 Å². The number of carbonyl (C=O) groups is 1. The summed E-state index contributed by atoms with van der Waals surface area (Å²) in [6, 6.07) is 8.68. The molecule has 760 valence electrons. The van der Waals surface area contributed by atoms with Crippen LogP contribution in [0, 0.1) is 112 Å². The molecule has 41 atom stereocenters. The molecule has 24 fully saturated rings. The van der Waals surface area contributed by atoms with Gasteiger partial charge in [-0.2, -0.15) is 0 Å². The lowest BCUT2D eigenvalue weighted by atomic mass is 9.71. The minimum Gasteiger partial charge on any atom is -0.465 e. The van der Waals surface area contributed by atoms with E-state index in [1.54, 1.807) is 18.9 Å². The summed E-state index contributed by atoms with van der Waals surface area (Å²) in [5.41, 5.74) is 4.14. The van der Waals surface area contributed by atoms with E-state index in [9.17, 15) is 4.79 Å². The van der Waals surface area contributed by atoms with Crippen molar-refractivity contribution in [1.29, 1.82) is 0 Å². The smallest absolute Gasteiger partial charge is 0.309 e. The van der Waals surface area contributed by atoms with Crippen LogP contribution in [-0.2, 0) is 56.9 Å². The molecule has 9 aliphatic heterocycles. The van der Waals surface area contributed by atoms with Gasteiger partial charge in [0.2, 0.25) is 0 Å². The van der Waals surface area contributed by atoms with Crippen molar-refractivity contribution in [1.82, 2.24) is 0 Å². The summed E-state index contributed by atoms with van der Waals surface area (Å²) in [5, 5.41) is 0. The Morgan fingerprint density at radius 3 is 1.55 bits per heavy atom. The molecule has 0 amide bonds. The van der Waals surface area contributed by atoms with Crippen LogP contribution in [0.1, 0.15) is 227 Å². The van der Waals surface area contributed by atoms with Gasteiger partial charge in [-0.3, -0.25) is 4.79 Å². The lowest BCUT2D eigenvalue weighted by Crippen LogP contribution is -2.37. The third kappa shape index (κ3) is 28.2. The number of rotatable bonds is 25. The van der Waals surface area contributed by atoms with E-state index in [-0.39, 0.29) is 20.7 Å². The maximum Gasteiger partial charge on any atom is 0.309 e. The molecule has 21 heteroatoms. The molecular formula is C111H208O12Si9. The van der Waals surface area contributed by atoms with E-state index in [0.29, 0.717) is 103 Å². The summed E-state index contributed by atoms with van der Waals surface area (Å²) in [5.74, 6) is 16.4. The normalized spacial score (nSPS) is 46.1. The zero-order valence-electron chi connectivity index (χ0n) is 91.1. The van der Waals surface area contributed by atoms with Gasteiger partial charge in [0.05, 0.1) is 128 Å². The van der Waals surface area contributed by atoms with E-state index in [2.05, 4.69) is 198 Å². The molecule has 9 saturated heterocycles. The number of esters is 1. The summed E-state index contributed by atoms with van der Waals surface area (Å²) in [4.78, 5) is 12.0. The summed E-state index contributed by atoms with van der Waals surface area (Å²) in [6.45, 7) is 75.6. The molecule has 0 aromatic heterocycles. The quantitative estimate of drug-likeness (QED) is 0.0371. The first kappa shape index (κ1) is 106. The maximum atomic E-state index is 12.0. The second kappa shape index (κ2) is 41.4. The van der Waals surface area contributed by atoms with E-state index in [1.165, 1.54) is 197 Å². The van der Waals surface area contributed by atoms with Crippen molar-refractivity contribution in [3.05, 3.63) is 0 Å². The second-order valence-corrected chi connectivity index (χ2v) is 108. The zero-order valence-corrected chi connectivity index (χ0v) is 100. The Bertz CT molecular complexity index is 3740. The predicted octanol–water partition coefficient (Wildman–Crippen LogP) is 28.8. The molecule has 0 spiro atoms. The highest BCUT2D eigenvalue weighted by atomic mass is 28.3. The molecule has 132 heavy (non-hydrogen) atoms. The topological polar surface area (TPSA) is 148 Å². The van der Waals surface area contributed by atoms with Crippen LogP contribution in [0.4, 0.5) is 0 Å². The Labute approximate surface area is 820 Å². The maximum absolute atomic E-state index is 12.0. The minimum atomic E-state index is -0.998. The summed E-state index contributed by atoms with van der Waals surface area (Å²) < 4.78 is 62.7. The Morgan fingerprint density at radius 1 is 0.417 bits per heavy atom. The van der Waals surface area contributed by atoms with Crippen LogP contribution in [0.15, 0.2) is 0 Å². The number of hydrogen-bond donors (Lipinski definition) is 0. The molecule has 41 unspecified atom stereocenters. The number of fused-ring (bicyclic) bond motifs is 29. The zero-order chi connectivity index (χ0) is 95.0. The van der Waals surface area contributed by atoms with Crippen molar-refractivity contribution in [2.45, 2.75) is 565 Å². The standard InChI is InChI=1S/C16H28O2Si.C14H26O3Si.C13H22OSi.C13H26OSi.C12H24OSi.C11H20OSi.2C11H22OSi.C10H18OSi/c1-19(2,3)6-4-5-17-13-8-10-7-12(13)15-11(10)9-14-16(15)18-14;1-10-8-12-13(17-12)9-11(10)14(15)16-6-5-7-18(2,3)4;1-15(2,3)11-5-7-4-8(11)9-6-10-13(14-10)12(7)9;1-12(8-9-15(3,4)5)6-7-13(2)11(10-12)14-13;1-9(8-14(2,3)4)10-5-6-11-12(7-10)13-11;1-13(2)4-3-7-5-8-6-9(7)11-10(8)12-11;1-13(2,3)7-6-9-4-5-10-11(8-9)12-10;1-13(2,3)9-5-4-6-10-11(12-10)8-7-9;1-12(2,3)8-5-6-4-7(8)10-9(6)11-10/h10-16H,4-9H2,1-3H3;10-13H,5-9H2,1-4H3;7-13H,4-6H2,1-3H3;11H,6-10H2,1-5H3;9-12H,5-8H2,1-4H3;7-11,13H,3-6H2,1-2H3;2*9-11H,4-8H2,1-3H3;6-10H,4-5H2,1-3H3.